The Morgan fingerprint density at radius 2 is 2.06 bits per heavy atom. The smallest absolute Gasteiger partial charge is 0.317 e. The number of halogens is 2. The molecule has 0 spiro atoms. The summed E-state index contributed by atoms with van der Waals surface area (Å²) < 4.78 is 11.2. The molecule has 1 aliphatic rings. The molecule has 180 valence electrons. The maximum Gasteiger partial charge on any atom is 0.317 e. The number of benzene rings is 2. The van der Waals surface area contributed by atoms with Gasteiger partial charge < -0.3 is 29.4 Å². The zero-order valence-corrected chi connectivity index (χ0v) is 20.4. The lowest BCUT2D eigenvalue weighted by molar-refractivity contribution is 0.164. The third-order valence-electron chi connectivity index (χ3n) is 5.81. The fraction of sp³-hybridized carbons (Fsp3) is 0.333. The fourth-order valence-electron chi connectivity index (χ4n) is 4.02. The lowest BCUT2D eigenvalue weighted by Gasteiger charge is -2.42. The summed E-state index contributed by atoms with van der Waals surface area (Å²) in [5.41, 5.74) is 2.55. The van der Waals surface area contributed by atoms with Crippen LogP contribution in [0.4, 0.5) is 10.5 Å². The molecule has 1 saturated heterocycles. The number of rotatable bonds is 6. The predicted molar refractivity (Wildman–Crippen MR) is 132 cm³/mol. The van der Waals surface area contributed by atoms with Gasteiger partial charge in [-0.15, -0.1) is 0 Å². The molecule has 0 unspecified atom stereocenters. The van der Waals surface area contributed by atoms with Gasteiger partial charge in [-0.2, -0.15) is 0 Å². The van der Waals surface area contributed by atoms with Gasteiger partial charge in [0.25, 0.3) is 0 Å². The molecule has 10 heteroatoms. The highest BCUT2D eigenvalue weighted by atomic mass is 35.5. The van der Waals surface area contributed by atoms with E-state index in [2.05, 4.69) is 15.2 Å². The van der Waals surface area contributed by atoms with E-state index >= 15 is 0 Å². The number of aromatic nitrogens is 1. The SMILES string of the molecule is COc1cc(N2CCN(C(=O)NCc3ccc(Cl)c(Cl)c3)C[C@H]2CO)ccc1-c1cnc(C)o1. The van der Waals surface area contributed by atoms with Gasteiger partial charge in [-0.25, -0.2) is 9.78 Å². The van der Waals surface area contributed by atoms with E-state index in [1.54, 1.807) is 37.3 Å². The molecule has 0 saturated carbocycles. The first-order chi connectivity index (χ1) is 16.4. The van der Waals surface area contributed by atoms with Gasteiger partial charge in [0.1, 0.15) is 5.75 Å². The van der Waals surface area contributed by atoms with Crippen LogP contribution >= 0.6 is 23.2 Å². The second-order valence-corrected chi connectivity index (χ2v) is 8.83. The van der Waals surface area contributed by atoms with Crippen molar-refractivity contribution >= 4 is 34.9 Å². The van der Waals surface area contributed by atoms with Crippen molar-refractivity contribution in [1.29, 1.82) is 0 Å². The molecule has 3 aromatic rings. The number of piperazine rings is 1. The maximum absolute atomic E-state index is 12.8. The van der Waals surface area contributed by atoms with Crippen molar-refractivity contribution in [2.75, 3.05) is 38.3 Å². The highest BCUT2D eigenvalue weighted by Gasteiger charge is 2.30. The monoisotopic (exact) mass is 504 g/mol. The number of carbonyl (C=O) groups is 1. The number of aliphatic hydroxyl groups excluding tert-OH is 1. The van der Waals surface area contributed by atoms with Crippen LogP contribution in [0.5, 0.6) is 5.75 Å². The number of hydrogen-bond donors (Lipinski definition) is 2. The highest BCUT2D eigenvalue weighted by Crippen LogP contribution is 2.35. The van der Waals surface area contributed by atoms with Crippen molar-refractivity contribution in [3.05, 3.63) is 64.1 Å². The summed E-state index contributed by atoms with van der Waals surface area (Å²) in [4.78, 5) is 20.7. The van der Waals surface area contributed by atoms with Gasteiger partial charge in [0.15, 0.2) is 11.7 Å². The van der Waals surface area contributed by atoms with Gasteiger partial charge in [-0.3, -0.25) is 0 Å². The van der Waals surface area contributed by atoms with E-state index in [1.807, 2.05) is 24.3 Å². The molecule has 8 nitrogen and oxygen atoms in total. The van der Waals surface area contributed by atoms with E-state index in [-0.39, 0.29) is 18.7 Å². The number of anilines is 1. The Morgan fingerprint density at radius 3 is 2.74 bits per heavy atom. The Hall–Kier alpha value is -2.94. The molecule has 0 bridgehead atoms. The number of hydrogen-bond acceptors (Lipinski definition) is 6. The molecular weight excluding hydrogens is 479 g/mol. The van der Waals surface area contributed by atoms with Crippen molar-refractivity contribution in [3.63, 3.8) is 0 Å². The largest absolute Gasteiger partial charge is 0.496 e. The number of ether oxygens (including phenoxy) is 1. The lowest BCUT2D eigenvalue weighted by Crippen LogP contribution is -2.58. The summed E-state index contributed by atoms with van der Waals surface area (Å²) in [6.45, 7) is 3.48. The Morgan fingerprint density at radius 1 is 1.24 bits per heavy atom. The van der Waals surface area contributed by atoms with E-state index in [4.69, 9.17) is 32.4 Å². The Bertz CT molecular complexity index is 1170. The van der Waals surface area contributed by atoms with Crippen LogP contribution in [0.1, 0.15) is 11.5 Å². The minimum absolute atomic E-state index is 0.0953. The average Bonchev–Trinajstić information content (AvgIpc) is 3.29. The van der Waals surface area contributed by atoms with E-state index in [1.165, 1.54) is 0 Å². The van der Waals surface area contributed by atoms with Gasteiger partial charge in [0.2, 0.25) is 0 Å². The zero-order chi connectivity index (χ0) is 24.2. The number of urea groups is 1. The Balaban J connectivity index is 1.42. The van der Waals surface area contributed by atoms with Crippen molar-refractivity contribution in [2.45, 2.75) is 19.5 Å². The van der Waals surface area contributed by atoms with Crippen LogP contribution in [0.25, 0.3) is 11.3 Å². The number of methoxy groups -OCH3 is 1. The van der Waals surface area contributed by atoms with Gasteiger partial charge in [-0.1, -0.05) is 29.3 Å². The number of carbonyl (C=O) groups excluding carboxylic acids is 1. The van der Waals surface area contributed by atoms with E-state index in [0.717, 1.165) is 16.8 Å². The number of aryl methyl sites for hydroxylation is 1. The Kier molecular flexibility index (Phi) is 7.50. The number of nitrogens with one attached hydrogen (secondary N) is 1. The topological polar surface area (TPSA) is 91.1 Å². The first-order valence-corrected chi connectivity index (χ1v) is 11.6. The molecule has 2 heterocycles. The van der Waals surface area contributed by atoms with E-state index in [9.17, 15) is 9.90 Å². The summed E-state index contributed by atoms with van der Waals surface area (Å²) >= 11 is 12.0. The molecule has 1 atom stereocenters. The van der Waals surface area contributed by atoms with E-state index < -0.39 is 0 Å². The third-order valence-corrected chi connectivity index (χ3v) is 6.55. The van der Waals surface area contributed by atoms with Crippen molar-refractivity contribution < 1.29 is 19.1 Å². The fourth-order valence-corrected chi connectivity index (χ4v) is 4.34. The standard InChI is InChI=1S/C24H26Cl2N4O4/c1-15-27-12-23(34-15)19-5-4-17(10-22(19)33-2)30-8-7-29(13-18(30)14-31)24(32)28-11-16-3-6-20(25)21(26)9-16/h3-6,9-10,12,18,31H,7-8,11,13-14H2,1-2H3,(H,28,32)/t18-/m0/s1. The van der Waals surface area contributed by atoms with Gasteiger partial charge in [0, 0.05) is 44.9 Å². The molecular formula is C24H26Cl2N4O4. The highest BCUT2D eigenvalue weighted by molar-refractivity contribution is 6.42. The van der Waals surface area contributed by atoms with Crippen molar-refractivity contribution in [1.82, 2.24) is 15.2 Å². The third kappa shape index (κ3) is 5.24. The minimum Gasteiger partial charge on any atom is -0.496 e. The van der Waals surface area contributed by atoms with Gasteiger partial charge >= 0.3 is 6.03 Å². The van der Waals surface area contributed by atoms with Gasteiger partial charge in [0.05, 0.1) is 41.6 Å². The number of oxazole rings is 1. The zero-order valence-electron chi connectivity index (χ0n) is 18.9. The van der Waals surface area contributed by atoms with Crippen LogP contribution in [0.15, 0.2) is 47.0 Å². The first-order valence-electron chi connectivity index (χ1n) is 10.8. The molecule has 1 fully saturated rings. The average molecular weight is 505 g/mol. The van der Waals surface area contributed by atoms with Crippen molar-refractivity contribution in [2.24, 2.45) is 0 Å². The quantitative estimate of drug-likeness (QED) is 0.518. The number of amides is 2. The van der Waals surface area contributed by atoms with E-state index in [0.29, 0.717) is 53.6 Å². The van der Waals surface area contributed by atoms with Crippen LogP contribution in [0.3, 0.4) is 0 Å². The van der Waals surface area contributed by atoms with Crippen molar-refractivity contribution in [3.8, 4) is 17.1 Å². The summed E-state index contributed by atoms with van der Waals surface area (Å²) in [5, 5.41) is 13.9. The summed E-state index contributed by atoms with van der Waals surface area (Å²) in [6.07, 6.45) is 1.67. The molecule has 1 aromatic heterocycles. The van der Waals surface area contributed by atoms with Gasteiger partial charge in [-0.05, 0) is 29.8 Å². The normalized spacial score (nSPS) is 16.0. The molecule has 1 aliphatic heterocycles. The summed E-state index contributed by atoms with van der Waals surface area (Å²) in [5.74, 6) is 1.85. The van der Waals surface area contributed by atoms with Crippen LogP contribution < -0.4 is 15.0 Å². The lowest BCUT2D eigenvalue weighted by atomic mass is 10.1. The predicted octanol–water partition coefficient (Wildman–Crippen LogP) is 4.36. The number of nitrogens with zero attached hydrogens (tertiary/aromatic N) is 3. The molecule has 2 aromatic carbocycles. The molecule has 0 aliphatic carbocycles. The molecule has 4 rings (SSSR count). The molecule has 2 N–H and O–H groups in total. The number of aliphatic hydroxyl groups is 1. The molecule has 34 heavy (non-hydrogen) atoms. The summed E-state index contributed by atoms with van der Waals surface area (Å²) in [6, 6.07) is 10.6. The second kappa shape index (κ2) is 10.5. The van der Waals surface area contributed by atoms with Crippen LogP contribution in [0.2, 0.25) is 10.0 Å². The first kappa shape index (κ1) is 24.2. The second-order valence-electron chi connectivity index (χ2n) is 8.01. The Labute approximate surface area is 208 Å². The van der Waals surface area contributed by atoms with Crippen LogP contribution in [-0.4, -0.2) is 60.4 Å². The molecule has 2 amide bonds. The molecule has 0 radical (unpaired) electrons. The minimum atomic E-state index is -0.257. The van der Waals surface area contributed by atoms with Crippen LogP contribution in [0, 0.1) is 6.92 Å². The van der Waals surface area contributed by atoms with Crippen LogP contribution in [-0.2, 0) is 6.54 Å². The summed E-state index contributed by atoms with van der Waals surface area (Å²) in [7, 11) is 1.60. The maximum atomic E-state index is 12.8.